The van der Waals surface area contributed by atoms with Crippen LogP contribution in [0.5, 0.6) is 0 Å². The van der Waals surface area contributed by atoms with Gasteiger partial charge in [-0.2, -0.15) is 11.8 Å². The molecule has 0 aliphatic rings. The number of hydrogen-bond donors (Lipinski definition) is 2. The molecule has 0 radical (unpaired) electrons. The molecule has 0 fully saturated rings. The van der Waals surface area contributed by atoms with Gasteiger partial charge in [-0.15, -0.1) is 0 Å². The molecule has 0 spiro atoms. The van der Waals surface area contributed by atoms with Crippen molar-refractivity contribution in [2.75, 3.05) is 31.0 Å². The Bertz CT molecular complexity index is 294. The predicted octanol–water partition coefficient (Wildman–Crippen LogP) is 1.68. The lowest BCUT2D eigenvalue weighted by Crippen LogP contribution is -2.03. The molecule has 1 aromatic carbocycles. The zero-order chi connectivity index (χ0) is 11.1. The topological polar surface area (TPSA) is 55.5 Å². The SMILES string of the molecule is COCCSCC(O)c1cccc(N)c1. The molecule has 0 amide bonds. The van der Waals surface area contributed by atoms with E-state index in [-0.39, 0.29) is 0 Å². The lowest BCUT2D eigenvalue weighted by atomic mass is 10.1. The average molecular weight is 227 g/mol. The molecule has 1 rings (SSSR count). The van der Waals surface area contributed by atoms with Gasteiger partial charge in [0.25, 0.3) is 0 Å². The summed E-state index contributed by atoms with van der Waals surface area (Å²) in [6, 6.07) is 7.36. The largest absolute Gasteiger partial charge is 0.399 e. The number of rotatable bonds is 6. The Morgan fingerprint density at radius 2 is 2.33 bits per heavy atom. The fourth-order valence-corrected chi connectivity index (χ4v) is 2.07. The Labute approximate surface area is 94.6 Å². The molecule has 3 nitrogen and oxygen atoms in total. The minimum absolute atomic E-state index is 0.449. The van der Waals surface area contributed by atoms with Crippen molar-refractivity contribution in [3.63, 3.8) is 0 Å². The number of hydrogen-bond acceptors (Lipinski definition) is 4. The number of anilines is 1. The van der Waals surface area contributed by atoms with Crippen molar-refractivity contribution in [1.82, 2.24) is 0 Å². The smallest absolute Gasteiger partial charge is 0.0881 e. The van der Waals surface area contributed by atoms with Gasteiger partial charge in [-0.25, -0.2) is 0 Å². The van der Waals surface area contributed by atoms with E-state index in [2.05, 4.69) is 0 Å². The number of benzene rings is 1. The van der Waals surface area contributed by atoms with Gasteiger partial charge < -0.3 is 15.6 Å². The second-order valence-electron chi connectivity index (χ2n) is 3.25. The summed E-state index contributed by atoms with van der Waals surface area (Å²) in [6.07, 6.45) is -0.449. The van der Waals surface area contributed by atoms with E-state index in [0.717, 1.165) is 11.3 Å². The number of nitrogens with two attached hydrogens (primary N) is 1. The molecular weight excluding hydrogens is 210 g/mol. The molecule has 4 heteroatoms. The second-order valence-corrected chi connectivity index (χ2v) is 4.40. The van der Waals surface area contributed by atoms with E-state index < -0.39 is 6.10 Å². The average Bonchev–Trinajstić information content (AvgIpc) is 2.24. The number of methoxy groups -OCH3 is 1. The third-order valence-electron chi connectivity index (χ3n) is 2.00. The van der Waals surface area contributed by atoms with E-state index in [4.69, 9.17) is 10.5 Å². The maximum absolute atomic E-state index is 9.83. The zero-order valence-electron chi connectivity index (χ0n) is 8.85. The Morgan fingerprint density at radius 3 is 3.00 bits per heavy atom. The van der Waals surface area contributed by atoms with Crippen LogP contribution in [0.3, 0.4) is 0 Å². The molecule has 3 N–H and O–H groups in total. The van der Waals surface area contributed by atoms with Crippen molar-refractivity contribution in [2.45, 2.75) is 6.10 Å². The molecule has 0 aliphatic carbocycles. The molecule has 1 atom stereocenters. The molecule has 0 saturated heterocycles. The number of thioether (sulfide) groups is 1. The molecule has 15 heavy (non-hydrogen) atoms. The predicted molar refractivity (Wildman–Crippen MR) is 65.0 cm³/mol. The van der Waals surface area contributed by atoms with Crippen LogP contribution in [0.2, 0.25) is 0 Å². The standard InChI is InChI=1S/C11H17NO2S/c1-14-5-6-15-8-11(13)9-3-2-4-10(12)7-9/h2-4,7,11,13H,5-6,8,12H2,1H3. The fraction of sp³-hybridized carbons (Fsp3) is 0.455. The van der Waals surface area contributed by atoms with Crippen molar-refractivity contribution >= 4 is 17.4 Å². The van der Waals surface area contributed by atoms with Crippen molar-refractivity contribution in [3.8, 4) is 0 Å². The Kier molecular flexibility index (Phi) is 5.53. The van der Waals surface area contributed by atoms with Crippen molar-refractivity contribution in [3.05, 3.63) is 29.8 Å². The Morgan fingerprint density at radius 1 is 1.53 bits per heavy atom. The molecule has 1 aromatic rings. The van der Waals surface area contributed by atoms with Crippen LogP contribution in [-0.4, -0.2) is 30.3 Å². The molecule has 0 bridgehead atoms. The van der Waals surface area contributed by atoms with Gasteiger partial charge in [-0.1, -0.05) is 12.1 Å². The second kappa shape index (κ2) is 6.71. The fourth-order valence-electron chi connectivity index (χ4n) is 1.20. The first-order valence-electron chi connectivity index (χ1n) is 4.84. The molecule has 84 valence electrons. The first kappa shape index (κ1) is 12.4. The van der Waals surface area contributed by atoms with Gasteiger partial charge in [-0.3, -0.25) is 0 Å². The van der Waals surface area contributed by atoms with Gasteiger partial charge in [0.05, 0.1) is 12.7 Å². The van der Waals surface area contributed by atoms with Crippen LogP contribution in [0.15, 0.2) is 24.3 Å². The summed E-state index contributed by atoms with van der Waals surface area (Å²) >= 11 is 1.67. The lowest BCUT2D eigenvalue weighted by molar-refractivity contribution is 0.203. The van der Waals surface area contributed by atoms with E-state index in [9.17, 15) is 5.11 Å². The third kappa shape index (κ3) is 4.55. The minimum Gasteiger partial charge on any atom is -0.399 e. The van der Waals surface area contributed by atoms with Gasteiger partial charge in [0.2, 0.25) is 0 Å². The van der Waals surface area contributed by atoms with Crippen molar-refractivity contribution in [2.24, 2.45) is 0 Å². The monoisotopic (exact) mass is 227 g/mol. The van der Waals surface area contributed by atoms with Crippen LogP contribution in [0.4, 0.5) is 5.69 Å². The van der Waals surface area contributed by atoms with Gasteiger partial charge in [0.15, 0.2) is 0 Å². The molecule has 0 heterocycles. The van der Waals surface area contributed by atoms with Crippen molar-refractivity contribution in [1.29, 1.82) is 0 Å². The van der Waals surface area contributed by atoms with Gasteiger partial charge in [0.1, 0.15) is 0 Å². The van der Waals surface area contributed by atoms with Gasteiger partial charge in [0, 0.05) is 24.3 Å². The first-order valence-corrected chi connectivity index (χ1v) is 5.99. The molecule has 0 aromatic heterocycles. The van der Waals surface area contributed by atoms with Crippen LogP contribution in [0.25, 0.3) is 0 Å². The van der Waals surface area contributed by atoms with Crippen LogP contribution in [0, 0.1) is 0 Å². The number of ether oxygens (including phenoxy) is 1. The Hall–Kier alpha value is -0.710. The summed E-state index contributed by atoms with van der Waals surface area (Å²) in [4.78, 5) is 0. The highest BCUT2D eigenvalue weighted by molar-refractivity contribution is 7.99. The third-order valence-corrected chi connectivity index (χ3v) is 3.01. The van der Waals surface area contributed by atoms with Gasteiger partial charge in [-0.05, 0) is 17.7 Å². The lowest BCUT2D eigenvalue weighted by Gasteiger charge is -2.10. The van der Waals surface area contributed by atoms with Crippen LogP contribution in [-0.2, 0) is 4.74 Å². The molecule has 0 aliphatic heterocycles. The number of aliphatic hydroxyl groups is 1. The van der Waals surface area contributed by atoms with E-state index in [1.807, 2.05) is 24.3 Å². The van der Waals surface area contributed by atoms with Crippen LogP contribution in [0.1, 0.15) is 11.7 Å². The van der Waals surface area contributed by atoms with E-state index >= 15 is 0 Å². The number of nitrogen functional groups attached to an aromatic ring is 1. The maximum Gasteiger partial charge on any atom is 0.0881 e. The highest BCUT2D eigenvalue weighted by Crippen LogP contribution is 2.19. The zero-order valence-corrected chi connectivity index (χ0v) is 9.67. The molecule has 0 saturated carbocycles. The minimum atomic E-state index is -0.449. The van der Waals surface area contributed by atoms with Crippen LogP contribution >= 0.6 is 11.8 Å². The Balaban J connectivity index is 2.36. The summed E-state index contributed by atoms with van der Waals surface area (Å²) in [5.74, 6) is 1.57. The summed E-state index contributed by atoms with van der Waals surface area (Å²) in [6.45, 7) is 0.717. The van der Waals surface area contributed by atoms with E-state index in [1.54, 1.807) is 18.9 Å². The summed E-state index contributed by atoms with van der Waals surface area (Å²) in [5, 5.41) is 9.83. The van der Waals surface area contributed by atoms with E-state index in [0.29, 0.717) is 18.0 Å². The molecular formula is C11H17NO2S. The van der Waals surface area contributed by atoms with Crippen molar-refractivity contribution < 1.29 is 9.84 Å². The number of aliphatic hydroxyl groups excluding tert-OH is 1. The summed E-state index contributed by atoms with van der Waals surface area (Å²) in [7, 11) is 1.68. The highest BCUT2D eigenvalue weighted by atomic mass is 32.2. The van der Waals surface area contributed by atoms with E-state index in [1.165, 1.54) is 0 Å². The summed E-state index contributed by atoms with van der Waals surface area (Å²) < 4.78 is 4.93. The molecule has 1 unspecified atom stereocenters. The highest BCUT2D eigenvalue weighted by Gasteiger charge is 2.07. The van der Waals surface area contributed by atoms with Gasteiger partial charge >= 0.3 is 0 Å². The maximum atomic E-state index is 9.83. The first-order chi connectivity index (χ1) is 7.24. The summed E-state index contributed by atoms with van der Waals surface area (Å²) in [5.41, 5.74) is 7.20. The quantitative estimate of drug-likeness (QED) is 0.573. The normalized spacial score (nSPS) is 12.7. The van der Waals surface area contributed by atoms with Crippen LogP contribution < -0.4 is 5.73 Å².